The number of ether oxygens (including phenoxy) is 2. The zero-order chi connectivity index (χ0) is 31.6. The molecule has 4 aromatic rings. The average molecular weight is 715 g/mol. The Morgan fingerprint density at radius 2 is 1.60 bits per heavy atom. The first-order chi connectivity index (χ1) is 20.2. The average Bonchev–Trinajstić information content (AvgIpc) is 3.31. The summed E-state index contributed by atoms with van der Waals surface area (Å²) in [5.74, 6) is -0.678. The molecule has 0 aliphatic rings. The van der Waals surface area contributed by atoms with Gasteiger partial charge in [-0.1, -0.05) is 34.1 Å². The number of esters is 1. The predicted molar refractivity (Wildman–Crippen MR) is 165 cm³/mol. The highest BCUT2D eigenvalue weighted by molar-refractivity contribution is 9.10. The molecule has 0 aliphatic heterocycles. The Hall–Kier alpha value is -3.44. The van der Waals surface area contributed by atoms with Crippen LogP contribution in [0.4, 0.5) is 5.69 Å². The molecule has 0 aliphatic carbocycles. The molecule has 0 radical (unpaired) electrons. The van der Waals surface area contributed by atoms with Crippen LogP contribution in [0.3, 0.4) is 0 Å². The molecule has 12 nitrogen and oxygen atoms in total. The number of fused-ring (bicyclic) bond motifs is 1. The number of nitrogens with zero attached hydrogens (tertiary/aromatic N) is 2. The van der Waals surface area contributed by atoms with Gasteiger partial charge in [0, 0.05) is 22.9 Å². The van der Waals surface area contributed by atoms with Gasteiger partial charge in [0.15, 0.2) is 5.69 Å². The van der Waals surface area contributed by atoms with E-state index in [4.69, 9.17) is 9.47 Å². The number of halogens is 1. The Morgan fingerprint density at radius 1 is 0.953 bits per heavy atom. The van der Waals surface area contributed by atoms with Gasteiger partial charge >= 0.3 is 5.97 Å². The summed E-state index contributed by atoms with van der Waals surface area (Å²) in [5.41, 5.74) is -0.530. The van der Waals surface area contributed by atoms with Crippen LogP contribution in [-0.4, -0.2) is 68.3 Å². The second-order valence-electron chi connectivity index (χ2n) is 9.07. The number of hydrogen-bond donors (Lipinski definition) is 1. The molecular weight excluding hydrogens is 686 g/mol. The summed E-state index contributed by atoms with van der Waals surface area (Å²) in [7, 11) is -11.5. The predicted octanol–water partition coefficient (Wildman–Crippen LogP) is 3.57. The Balaban J connectivity index is 1.84. The first-order valence-electron chi connectivity index (χ1n) is 12.7. The topological polar surface area (TPSA) is 158 Å². The fourth-order valence-electron chi connectivity index (χ4n) is 4.39. The van der Waals surface area contributed by atoms with E-state index in [-0.39, 0.29) is 34.6 Å². The number of hydrogen-bond acceptors (Lipinski definition) is 9. The molecule has 0 bridgehead atoms. The third-order valence-corrected chi connectivity index (χ3v) is 11.2. The number of aromatic nitrogens is 1. The van der Waals surface area contributed by atoms with Gasteiger partial charge in [-0.05, 0) is 61.5 Å². The normalized spacial score (nSPS) is 12.3. The number of carbonyl (C=O) groups is 1. The molecular formula is C27H28BrN3O9S3. The van der Waals surface area contributed by atoms with Gasteiger partial charge in [0.25, 0.3) is 10.0 Å². The molecule has 0 atom stereocenters. The minimum Gasteiger partial charge on any atom is -0.497 e. The van der Waals surface area contributed by atoms with Gasteiger partial charge in [-0.3, -0.25) is 4.31 Å². The van der Waals surface area contributed by atoms with Gasteiger partial charge in [-0.2, -0.15) is 0 Å². The van der Waals surface area contributed by atoms with Gasteiger partial charge in [0.05, 0.1) is 36.1 Å². The van der Waals surface area contributed by atoms with Crippen molar-refractivity contribution in [2.24, 2.45) is 0 Å². The summed E-state index contributed by atoms with van der Waals surface area (Å²) >= 11 is 3.29. The van der Waals surface area contributed by atoms with Gasteiger partial charge in [0.2, 0.25) is 20.0 Å². The van der Waals surface area contributed by atoms with Gasteiger partial charge in [-0.25, -0.2) is 38.7 Å². The van der Waals surface area contributed by atoms with E-state index >= 15 is 0 Å². The highest BCUT2D eigenvalue weighted by atomic mass is 79.9. The number of nitrogens with one attached hydrogen (secondary N) is 1. The molecule has 1 N–H and O–H groups in total. The second kappa shape index (κ2) is 12.7. The first-order valence-corrected chi connectivity index (χ1v) is 18.2. The highest BCUT2D eigenvalue weighted by Crippen LogP contribution is 2.36. The fourth-order valence-corrected chi connectivity index (χ4v) is 8.66. The Labute approximate surface area is 258 Å². The van der Waals surface area contributed by atoms with E-state index in [1.165, 1.54) is 68.6 Å². The molecule has 1 heterocycles. The summed E-state index contributed by atoms with van der Waals surface area (Å²) in [5, 5.41) is -0.0699. The molecule has 230 valence electrons. The zero-order valence-corrected chi connectivity index (χ0v) is 27.3. The number of anilines is 1. The molecule has 0 saturated heterocycles. The van der Waals surface area contributed by atoms with Crippen LogP contribution >= 0.6 is 15.9 Å². The lowest BCUT2D eigenvalue weighted by molar-refractivity contribution is 0.0514. The minimum absolute atomic E-state index is 0.0699. The lowest BCUT2D eigenvalue weighted by atomic mass is 10.2. The van der Waals surface area contributed by atoms with Crippen LogP contribution in [0.25, 0.3) is 10.9 Å². The van der Waals surface area contributed by atoms with Crippen LogP contribution in [0.1, 0.15) is 17.4 Å². The third-order valence-electron chi connectivity index (χ3n) is 6.23. The summed E-state index contributed by atoms with van der Waals surface area (Å²) in [6, 6.07) is 17.6. The summed E-state index contributed by atoms with van der Waals surface area (Å²) in [4.78, 5) is 12.5. The monoisotopic (exact) mass is 713 g/mol. The van der Waals surface area contributed by atoms with Crippen molar-refractivity contribution in [3.8, 4) is 5.75 Å². The maximum Gasteiger partial charge on any atom is 0.357 e. The molecule has 16 heteroatoms. The molecule has 3 aromatic carbocycles. The van der Waals surface area contributed by atoms with Crippen LogP contribution < -0.4 is 13.8 Å². The largest absolute Gasteiger partial charge is 0.497 e. The zero-order valence-electron chi connectivity index (χ0n) is 23.2. The van der Waals surface area contributed by atoms with E-state index in [1.807, 2.05) is 0 Å². The van der Waals surface area contributed by atoms with Crippen molar-refractivity contribution in [2.75, 3.05) is 37.4 Å². The van der Waals surface area contributed by atoms with Crippen molar-refractivity contribution in [3.05, 3.63) is 83.0 Å². The Kier molecular flexibility index (Phi) is 9.56. The van der Waals surface area contributed by atoms with Gasteiger partial charge in [-0.15, -0.1) is 0 Å². The molecule has 43 heavy (non-hydrogen) atoms. The van der Waals surface area contributed by atoms with Crippen molar-refractivity contribution in [1.29, 1.82) is 0 Å². The number of methoxy groups -OCH3 is 1. The maximum atomic E-state index is 13.9. The van der Waals surface area contributed by atoms with Crippen molar-refractivity contribution >= 4 is 68.6 Å². The summed E-state index contributed by atoms with van der Waals surface area (Å²) in [6.07, 6.45) is 0.976. The van der Waals surface area contributed by atoms with Crippen LogP contribution in [0.15, 0.2) is 87.1 Å². The Bertz CT molecular complexity index is 1980. The van der Waals surface area contributed by atoms with Gasteiger partial charge in [0.1, 0.15) is 10.6 Å². The minimum atomic E-state index is -4.65. The van der Waals surface area contributed by atoms with E-state index in [0.717, 1.165) is 10.6 Å². The van der Waals surface area contributed by atoms with E-state index in [2.05, 4.69) is 20.7 Å². The molecule has 0 unspecified atom stereocenters. The lowest BCUT2D eigenvalue weighted by Gasteiger charge is -2.22. The van der Waals surface area contributed by atoms with Crippen LogP contribution in [0.5, 0.6) is 5.75 Å². The van der Waals surface area contributed by atoms with Crippen molar-refractivity contribution in [3.63, 3.8) is 0 Å². The maximum absolute atomic E-state index is 13.9. The second-order valence-corrected chi connectivity index (χ2v) is 15.4. The number of rotatable bonds is 12. The summed E-state index contributed by atoms with van der Waals surface area (Å²) in [6.45, 7) is 0.603. The van der Waals surface area contributed by atoms with Crippen LogP contribution in [-0.2, 0) is 34.8 Å². The lowest BCUT2D eigenvalue weighted by Crippen LogP contribution is -2.38. The van der Waals surface area contributed by atoms with E-state index in [0.29, 0.717) is 14.2 Å². The quantitative estimate of drug-likeness (QED) is 0.217. The van der Waals surface area contributed by atoms with Crippen LogP contribution in [0.2, 0.25) is 0 Å². The van der Waals surface area contributed by atoms with E-state index in [1.54, 1.807) is 18.2 Å². The molecule has 4 rings (SSSR count). The third kappa shape index (κ3) is 6.72. The molecule has 0 fully saturated rings. The SMILES string of the molecule is CCOC(=O)c1c(S(=O)(=O)NCCN(c2ccc(OC)cc2)S(C)(=O)=O)c2cc(Br)ccc2n1S(=O)(=O)c1ccccc1. The molecule has 1 aromatic heterocycles. The standard InChI is InChI=1S/C27H28BrN3O9S3/c1-4-40-27(32)25-26(23-18-19(28)10-15-24(23)31(25)43(37,38)22-8-6-5-7-9-22)42(35,36)29-16-17-30(41(3,33)34)20-11-13-21(39-2)14-12-20/h5-15,18,29H,4,16-17H2,1-3H3. The van der Waals surface area contributed by atoms with Crippen LogP contribution in [0, 0.1) is 0 Å². The number of sulfonamides is 2. The molecule has 0 saturated carbocycles. The highest BCUT2D eigenvalue weighted by Gasteiger charge is 2.37. The Morgan fingerprint density at radius 3 is 2.19 bits per heavy atom. The van der Waals surface area contributed by atoms with Crippen molar-refractivity contribution in [2.45, 2.75) is 16.7 Å². The molecule has 0 spiro atoms. The first kappa shape index (κ1) is 32.5. The van der Waals surface area contributed by atoms with Gasteiger partial charge < -0.3 is 9.47 Å². The number of carbonyl (C=O) groups excluding carboxylic acids is 1. The van der Waals surface area contributed by atoms with Crippen molar-refractivity contribution < 1.29 is 39.5 Å². The van der Waals surface area contributed by atoms with Crippen molar-refractivity contribution in [1.82, 2.24) is 8.69 Å². The number of benzene rings is 3. The summed E-state index contributed by atoms with van der Waals surface area (Å²) < 4.78 is 95.3. The van der Waals surface area contributed by atoms with E-state index < -0.39 is 53.2 Å². The van der Waals surface area contributed by atoms with E-state index in [9.17, 15) is 30.0 Å². The molecule has 0 amide bonds. The fraction of sp³-hybridized carbons (Fsp3) is 0.222. The smallest absolute Gasteiger partial charge is 0.357 e.